The molecule has 3 rings (SSSR count). The molecule has 0 bridgehead atoms. The smallest absolute Gasteiger partial charge is 0.409 e. The summed E-state index contributed by atoms with van der Waals surface area (Å²) in [6, 6.07) is 7.11. The first-order valence-corrected chi connectivity index (χ1v) is 8.96. The number of likely N-dealkylation sites (tertiary alicyclic amines) is 1. The van der Waals surface area contributed by atoms with Crippen LogP contribution in [-0.2, 0) is 4.74 Å². The number of anilines is 3. The maximum absolute atomic E-state index is 12.0. The maximum Gasteiger partial charge on any atom is 0.409 e. The summed E-state index contributed by atoms with van der Waals surface area (Å²) >= 11 is 0. The van der Waals surface area contributed by atoms with Gasteiger partial charge in [-0.05, 0) is 44.0 Å². The summed E-state index contributed by atoms with van der Waals surface area (Å²) in [5, 5.41) is 6.16. The molecule has 1 saturated heterocycles. The average Bonchev–Trinajstić information content (AvgIpc) is 2.71. The summed E-state index contributed by atoms with van der Waals surface area (Å²) in [7, 11) is 1.58. The van der Waals surface area contributed by atoms with E-state index in [0.29, 0.717) is 49.7 Å². The Morgan fingerprint density at radius 2 is 1.74 bits per heavy atom. The van der Waals surface area contributed by atoms with E-state index in [1.165, 1.54) is 0 Å². The second-order valence-electron chi connectivity index (χ2n) is 6.37. The summed E-state index contributed by atoms with van der Waals surface area (Å²) in [6.07, 6.45) is 1.05. The van der Waals surface area contributed by atoms with Crippen LogP contribution in [0.15, 0.2) is 33.9 Å². The van der Waals surface area contributed by atoms with Crippen LogP contribution in [0.25, 0.3) is 0 Å². The van der Waals surface area contributed by atoms with Gasteiger partial charge >= 0.3 is 6.09 Å². The highest BCUT2D eigenvalue weighted by molar-refractivity contribution is 5.79. The standard InChI is InChI=1S/C19H23N3O5/c1-3-27-19(25)22-10-8-13(9-11-22)21-16-15(17(23)18(16)24)20-12-4-6-14(26-2)7-5-12/h4-7,13,20-21H,3,8-11H2,1-2H3. The van der Waals surface area contributed by atoms with Gasteiger partial charge in [0, 0.05) is 24.8 Å². The number of carbonyl (C=O) groups excluding carboxylic acids is 1. The average molecular weight is 373 g/mol. The van der Waals surface area contributed by atoms with Crippen molar-refractivity contribution >= 4 is 23.2 Å². The number of hydrogen-bond donors (Lipinski definition) is 2. The molecule has 0 saturated carbocycles. The van der Waals surface area contributed by atoms with Crippen LogP contribution < -0.4 is 26.2 Å². The molecule has 0 spiro atoms. The Hall–Kier alpha value is -3.03. The van der Waals surface area contributed by atoms with Gasteiger partial charge in [-0.15, -0.1) is 0 Å². The highest BCUT2D eigenvalue weighted by atomic mass is 16.6. The quantitative estimate of drug-likeness (QED) is 0.748. The van der Waals surface area contributed by atoms with Crippen molar-refractivity contribution < 1.29 is 14.3 Å². The molecule has 0 aliphatic carbocycles. The molecule has 1 amide bonds. The number of hydrogen-bond acceptors (Lipinski definition) is 7. The molecule has 144 valence electrons. The Labute approximate surface area is 156 Å². The lowest BCUT2D eigenvalue weighted by molar-refractivity contribution is 0.0983. The van der Waals surface area contributed by atoms with E-state index >= 15 is 0 Å². The highest BCUT2D eigenvalue weighted by Crippen LogP contribution is 2.25. The Morgan fingerprint density at radius 3 is 2.33 bits per heavy atom. The number of benzene rings is 1. The van der Waals surface area contributed by atoms with Gasteiger partial charge in [-0.2, -0.15) is 0 Å². The van der Waals surface area contributed by atoms with Crippen molar-refractivity contribution in [1.29, 1.82) is 0 Å². The number of methoxy groups -OCH3 is 1. The molecule has 2 N–H and O–H groups in total. The number of piperidine rings is 1. The summed E-state index contributed by atoms with van der Waals surface area (Å²) in [6.45, 7) is 3.22. The van der Waals surface area contributed by atoms with E-state index < -0.39 is 10.9 Å². The Kier molecular flexibility index (Phi) is 5.63. The number of nitrogens with zero attached hydrogens (tertiary/aromatic N) is 1. The molecule has 0 radical (unpaired) electrons. The SMILES string of the molecule is CCOC(=O)N1CCC(Nc2c(Nc3ccc(OC)cc3)c(=O)c2=O)CC1. The minimum atomic E-state index is -0.530. The third-order valence-corrected chi connectivity index (χ3v) is 4.64. The molecular formula is C19H23N3O5. The lowest BCUT2D eigenvalue weighted by atomic mass is 10.0. The number of amides is 1. The molecule has 8 heteroatoms. The van der Waals surface area contributed by atoms with Crippen LogP contribution in [-0.4, -0.2) is 43.8 Å². The first-order chi connectivity index (χ1) is 13.0. The molecule has 1 aliphatic rings. The monoisotopic (exact) mass is 373 g/mol. The van der Waals surface area contributed by atoms with Crippen molar-refractivity contribution in [2.24, 2.45) is 0 Å². The lowest BCUT2D eigenvalue weighted by Crippen LogP contribution is -2.45. The zero-order chi connectivity index (χ0) is 19.4. The van der Waals surface area contributed by atoms with Crippen LogP contribution in [0.2, 0.25) is 0 Å². The third kappa shape index (κ3) is 4.05. The van der Waals surface area contributed by atoms with E-state index in [4.69, 9.17) is 9.47 Å². The number of rotatable bonds is 6. The zero-order valence-electron chi connectivity index (χ0n) is 15.4. The van der Waals surface area contributed by atoms with Crippen LogP contribution in [0.5, 0.6) is 5.75 Å². The van der Waals surface area contributed by atoms with E-state index in [0.717, 1.165) is 0 Å². The van der Waals surface area contributed by atoms with Crippen molar-refractivity contribution in [3.8, 4) is 5.75 Å². The summed E-state index contributed by atoms with van der Waals surface area (Å²) in [4.78, 5) is 37.3. The van der Waals surface area contributed by atoms with Gasteiger partial charge in [0.15, 0.2) is 0 Å². The molecule has 8 nitrogen and oxygen atoms in total. The van der Waals surface area contributed by atoms with Gasteiger partial charge < -0.3 is 25.0 Å². The van der Waals surface area contributed by atoms with Gasteiger partial charge in [-0.25, -0.2) is 4.79 Å². The number of ether oxygens (including phenoxy) is 2. The van der Waals surface area contributed by atoms with Crippen molar-refractivity contribution in [1.82, 2.24) is 4.90 Å². The van der Waals surface area contributed by atoms with Crippen molar-refractivity contribution in [2.45, 2.75) is 25.8 Å². The number of carbonyl (C=O) groups is 1. The van der Waals surface area contributed by atoms with Crippen LogP contribution >= 0.6 is 0 Å². The van der Waals surface area contributed by atoms with E-state index in [1.54, 1.807) is 43.2 Å². The highest BCUT2D eigenvalue weighted by Gasteiger charge is 2.27. The molecule has 1 heterocycles. The maximum atomic E-state index is 12.0. The van der Waals surface area contributed by atoms with Crippen molar-refractivity contribution in [2.75, 3.05) is 37.4 Å². The van der Waals surface area contributed by atoms with Crippen LogP contribution in [0.4, 0.5) is 21.9 Å². The molecule has 0 aromatic heterocycles. The second-order valence-corrected chi connectivity index (χ2v) is 6.37. The predicted molar refractivity (Wildman–Crippen MR) is 103 cm³/mol. The number of nitrogens with one attached hydrogen (secondary N) is 2. The first kappa shape index (κ1) is 18.8. The lowest BCUT2D eigenvalue weighted by Gasteiger charge is -2.32. The molecule has 1 aliphatic heterocycles. The van der Waals surface area contributed by atoms with E-state index in [-0.39, 0.29) is 17.8 Å². The second kappa shape index (κ2) is 8.11. The van der Waals surface area contributed by atoms with E-state index in [2.05, 4.69) is 10.6 Å². The topological polar surface area (TPSA) is 97.0 Å². The third-order valence-electron chi connectivity index (χ3n) is 4.64. The van der Waals surface area contributed by atoms with Gasteiger partial charge in [0.25, 0.3) is 10.9 Å². The molecular weight excluding hydrogens is 350 g/mol. The van der Waals surface area contributed by atoms with E-state index in [9.17, 15) is 14.4 Å². The molecule has 27 heavy (non-hydrogen) atoms. The first-order valence-electron chi connectivity index (χ1n) is 8.96. The fraction of sp³-hybridized carbons (Fsp3) is 0.421. The minimum absolute atomic E-state index is 0.0235. The molecule has 2 aromatic carbocycles. The molecule has 0 unspecified atom stereocenters. The zero-order valence-corrected chi connectivity index (χ0v) is 15.4. The molecule has 0 atom stereocenters. The summed E-state index contributed by atoms with van der Waals surface area (Å²) < 4.78 is 10.1. The predicted octanol–water partition coefficient (Wildman–Crippen LogP) is 2.07. The van der Waals surface area contributed by atoms with Gasteiger partial charge in [-0.3, -0.25) is 9.59 Å². The minimum Gasteiger partial charge on any atom is -0.497 e. The van der Waals surface area contributed by atoms with Gasteiger partial charge in [0.1, 0.15) is 17.1 Å². The fourth-order valence-electron chi connectivity index (χ4n) is 3.09. The Morgan fingerprint density at radius 1 is 1.11 bits per heavy atom. The van der Waals surface area contributed by atoms with Gasteiger partial charge in [0.2, 0.25) is 0 Å². The summed E-state index contributed by atoms with van der Waals surface area (Å²) in [5.41, 5.74) is 0.239. The fourth-order valence-corrected chi connectivity index (χ4v) is 3.09. The Balaban J connectivity index is 1.62. The van der Waals surface area contributed by atoms with Crippen LogP contribution in [0.1, 0.15) is 19.8 Å². The van der Waals surface area contributed by atoms with E-state index in [1.807, 2.05) is 0 Å². The van der Waals surface area contributed by atoms with Crippen LogP contribution in [0, 0.1) is 0 Å². The largest absolute Gasteiger partial charge is 0.497 e. The van der Waals surface area contributed by atoms with Crippen LogP contribution in [0.3, 0.4) is 0 Å². The van der Waals surface area contributed by atoms with Gasteiger partial charge in [0.05, 0.1) is 13.7 Å². The Bertz CT molecular complexity index is 863. The van der Waals surface area contributed by atoms with Crippen molar-refractivity contribution in [3.63, 3.8) is 0 Å². The van der Waals surface area contributed by atoms with Crippen molar-refractivity contribution in [3.05, 3.63) is 44.7 Å². The molecule has 2 aromatic rings. The molecule has 1 fully saturated rings. The normalized spacial score (nSPS) is 14.8. The summed E-state index contributed by atoms with van der Waals surface area (Å²) in [5.74, 6) is 0.706. The van der Waals surface area contributed by atoms with Gasteiger partial charge in [-0.1, -0.05) is 0 Å².